The Morgan fingerprint density at radius 3 is 2.26 bits per heavy atom. The van der Waals surface area contributed by atoms with Gasteiger partial charge in [-0.1, -0.05) is 51.1 Å². The standard InChI is InChI=1S/C18H30N2O2.ClH/c1-5-16(6-2)20(12-13-22-4)18(21)14(3)17(19)15-10-8-7-9-11-15;/h7-11,14,16-17H,5-6,12-13,19H2,1-4H3;1H. The number of ether oxygens (including phenoxy) is 1. The molecule has 5 heteroatoms. The Morgan fingerprint density at radius 2 is 1.78 bits per heavy atom. The van der Waals surface area contributed by atoms with Crippen molar-refractivity contribution in [3.05, 3.63) is 35.9 Å². The quantitative estimate of drug-likeness (QED) is 0.748. The van der Waals surface area contributed by atoms with Crippen molar-refractivity contribution in [2.45, 2.75) is 45.7 Å². The van der Waals surface area contributed by atoms with Crippen LogP contribution in [0.25, 0.3) is 0 Å². The van der Waals surface area contributed by atoms with E-state index in [1.165, 1.54) is 0 Å². The Bertz CT molecular complexity index is 438. The number of rotatable bonds is 9. The molecule has 23 heavy (non-hydrogen) atoms. The van der Waals surface area contributed by atoms with Crippen LogP contribution in [0.15, 0.2) is 30.3 Å². The molecule has 0 heterocycles. The van der Waals surface area contributed by atoms with E-state index in [-0.39, 0.29) is 36.3 Å². The van der Waals surface area contributed by atoms with Crippen LogP contribution in [-0.2, 0) is 9.53 Å². The van der Waals surface area contributed by atoms with Gasteiger partial charge in [0.05, 0.1) is 12.5 Å². The predicted molar refractivity (Wildman–Crippen MR) is 97.7 cm³/mol. The average Bonchev–Trinajstić information content (AvgIpc) is 2.57. The maximum atomic E-state index is 12.9. The molecule has 0 bridgehead atoms. The normalized spacial score (nSPS) is 13.3. The van der Waals surface area contributed by atoms with Crippen LogP contribution < -0.4 is 5.73 Å². The number of amides is 1. The van der Waals surface area contributed by atoms with Crippen LogP contribution >= 0.6 is 12.4 Å². The largest absolute Gasteiger partial charge is 0.383 e. The zero-order chi connectivity index (χ0) is 16.5. The van der Waals surface area contributed by atoms with Gasteiger partial charge in [-0.2, -0.15) is 0 Å². The van der Waals surface area contributed by atoms with Crippen LogP contribution in [0.4, 0.5) is 0 Å². The van der Waals surface area contributed by atoms with Gasteiger partial charge in [0.25, 0.3) is 0 Å². The van der Waals surface area contributed by atoms with Crippen LogP contribution in [0, 0.1) is 5.92 Å². The van der Waals surface area contributed by atoms with Crippen molar-refractivity contribution in [2.75, 3.05) is 20.3 Å². The minimum absolute atomic E-state index is 0. The zero-order valence-corrected chi connectivity index (χ0v) is 15.5. The maximum absolute atomic E-state index is 12.9. The van der Waals surface area contributed by atoms with E-state index in [4.69, 9.17) is 10.5 Å². The van der Waals surface area contributed by atoms with E-state index in [0.29, 0.717) is 13.2 Å². The topological polar surface area (TPSA) is 55.6 Å². The molecule has 132 valence electrons. The highest BCUT2D eigenvalue weighted by atomic mass is 35.5. The lowest BCUT2D eigenvalue weighted by Crippen LogP contribution is -2.46. The first kappa shape index (κ1) is 21.9. The number of hydrogen-bond donors (Lipinski definition) is 1. The molecule has 0 aromatic heterocycles. The predicted octanol–water partition coefficient (Wildman–Crippen LogP) is 3.41. The third kappa shape index (κ3) is 6.13. The molecule has 0 aliphatic carbocycles. The van der Waals surface area contributed by atoms with Crippen LogP contribution in [0.5, 0.6) is 0 Å². The summed E-state index contributed by atoms with van der Waals surface area (Å²) in [6.45, 7) is 7.32. The lowest BCUT2D eigenvalue weighted by atomic mass is 9.93. The monoisotopic (exact) mass is 342 g/mol. The summed E-state index contributed by atoms with van der Waals surface area (Å²) in [4.78, 5) is 14.9. The molecule has 4 nitrogen and oxygen atoms in total. The van der Waals surface area contributed by atoms with Gasteiger partial charge in [0.1, 0.15) is 0 Å². The van der Waals surface area contributed by atoms with Crippen molar-refractivity contribution < 1.29 is 9.53 Å². The molecule has 1 aromatic carbocycles. The van der Waals surface area contributed by atoms with Crippen LogP contribution in [0.1, 0.15) is 45.2 Å². The Labute approximate surface area is 146 Å². The first-order valence-corrected chi connectivity index (χ1v) is 8.16. The molecular formula is C18H31ClN2O2. The van der Waals surface area contributed by atoms with Gasteiger partial charge in [-0.05, 0) is 18.4 Å². The maximum Gasteiger partial charge on any atom is 0.227 e. The van der Waals surface area contributed by atoms with E-state index in [9.17, 15) is 4.79 Å². The van der Waals surface area contributed by atoms with Crippen LogP contribution in [0.2, 0.25) is 0 Å². The van der Waals surface area contributed by atoms with Gasteiger partial charge in [0.15, 0.2) is 0 Å². The Kier molecular flexibility index (Phi) is 10.9. The fraction of sp³-hybridized carbons (Fsp3) is 0.611. The van der Waals surface area contributed by atoms with Crippen molar-refractivity contribution in [3.63, 3.8) is 0 Å². The number of halogens is 1. The summed E-state index contributed by atoms with van der Waals surface area (Å²) in [7, 11) is 1.66. The second-order valence-electron chi connectivity index (χ2n) is 5.72. The fourth-order valence-electron chi connectivity index (χ4n) is 2.77. The number of nitrogens with zero attached hydrogens (tertiary/aromatic N) is 1. The number of carbonyl (C=O) groups excluding carboxylic acids is 1. The van der Waals surface area contributed by atoms with Crippen molar-refractivity contribution in [1.82, 2.24) is 4.90 Å². The summed E-state index contributed by atoms with van der Waals surface area (Å²) in [6, 6.07) is 9.78. The number of carbonyl (C=O) groups is 1. The first-order valence-electron chi connectivity index (χ1n) is 8.16. The second-order valence-corrected chi connectivity index (χ2v) is 5.72. The van der Waals surface area contributed by atoms with E-state index in [1.807, 2.05) is 42.2 Å². The zero-order valence-electron chi connectivity index (χ0n) is 14.7. The minimum atomic E-state index is -0.284. The van der Waals surface area contributed by atoms with Gasteiger partial charge in [0, 0.05) is 25.7 Å². The summed E-state index contributed by atoms with van der Waals surface area (Å²) in [5.41, 5.74) is 7.31. The highest BCUT2D eigenvalue weighted by Crippen LogP contribution is 2.23. The molecule has 0 aliphatic rings. The van der Waals surface area contributed by atoms with Crippen molar-refractivity contribution in [3.8, 4) is 0 Å². The molecule has 1 rings (SSSR count). The number of nitrogens with two attached hydrogens (primary N) is 1. The molecular weight excluding hydrogens is 312 g/mol. The molecule has 0 fully saturated rings. The molecule has 2 atom stereocenters. The van der Waals surface area contributed by atoms with Crippen LogP contribution in [0.3, 0.4) is 0 Å². The lowest BCUT2D eigenvalue weighted by Gasteiger charge is -2.34. The highest BCUT2D eigenvalue weighted by molar-refractivity contribution is 5.85. The SMILES string of the molecule is CCC(CC)N(CCOC)C(=O)C(C)C(N)c1ccccc1.Cl. The summed E-state index contributed by atoms with van der Waals surface area (Å²) in [5, 5.41) is 0. The van der Waals surface area contributed by atoms with Crippen molar-refractivity contribution in [2.24, 2.45) is 11.7 Å². The van der Waals surface area contributed by atoms with Gasteiger partial charge in [-0.25, -0.2) is 0 Å². The average molecular weight is 343 g/mol. The van der Waals surface area contributed by atoms with Gasteiger partial charge in [-0.15, -0.1) is 12.4 Å². The number of hydrogen-bond acceptors (Lipinski definition) is 3. The summed E-state index contributed by atoms with van der Waals surface area (Å²) >= 11 is 0. The molecule has 0 saturated heterocycles. The third-order valence-corrected chi connectivity index (χ3v) is 4.32. The van der Waals surface area contributed by atoms with E-state index < -0.39 is 0 Å². The first-order chi connectivity index (χ1) is 10.6. The smallest absolute Gasteiger partial charge is 0.227 e. The van der Waals surface area contributed by atoms with Gasteiger partial charge in [-0.3, -0.25) is 4.79 Å². The fourth-order valence-corrected chi connectivity index (χ4v) is 2.77. The van der Waals surface area contributed by atoms with Gasteiger partial charge in [0.2, 0.25) is 5.91 Å². The van der Waals surface area contributed by atoms with Gasteiger partial charge < -0.3 is 15.4 Å². The lowest BCUT2D eigenvalue weighted by molar-refractivity contribution is -0.139. The summed E-state index contributed by atoms with van der Waals surface area (Å²) in [5.74, 6) is -0.137. The molecule has 1 amide bonds. The molecule has 2 N–H and O–H groups in total. The Hall–Kier alpha value is -1.10. The molecule has 0 radical (unpaired) electrons. The van der Waals surface area contributed by atoms with E-state index in [2.05, 4.69) is 13.8 Å². The van der Waals surface area contributed by atoms with E-state index >= 15 is 0 Å². The Balaban J connectivity index is 0.00000484. The molecule has 0 aliphatic heterocycles. The third-order valence-electron chi connectivity index (χ3n) is 4.32. The summed E-state index contributed by atoms with van der Waals surface area (Å²) in [6.07, 6.45) is 1.89. The second kappa shape index (κ2) is 11.4. The number of benzene rings is 1. The minimum Gasteiger partial charge on any atom is -0.383 e. The van der Waals surface area contributed by atoms with Crippen LogP contribution in [-0.4, -0.2) is 37.1 Å². The molecule has 2 unspecified atom stereocenters. The molecule has 0 spiro atoms. The van der Waals surface area contributed by atoms with Gasteiger partial charge >= 0.3 is 0 Å². The van der Waals surface area contributed by atoms with Crippen molar-refractivity contribution in [1.29, 1.82) is 0 Å². The van der Waals surface area contributed by atoms with Crippen molar-refractivity contribution >= 4 is 18.3 Å². The summed E-state index contributed by atoms with van der Waals surface area (Å²) < 4.78 is 5.16. The van der Waals surface area contributed by atoms with E-state index in [0.717, 1.165) is 18.4 Å². The van der Waals surface area contributed by atoms with E-state index in [1.54, 1.807) is 7.11 Å². The number of methoxy groups -OCH3 is 1. The molecule has 0 saturated carbocycles. The Morgan fingerprint density at radius 1 is 1.22 bits per heavy atom. The highest BCUT2D eigenvalue weighted by Gasteiger charge is 2.29. The molecule has 1 aromatic rings.